The second-order valence-corrected chi connectivity index (χ2v) is 6.00. The fraction of sp³-hybridized carbons (Fsp3) is 0.278. The second-order valence-electron chi connectivity index (χ2n) is 6.00. The lowest BCUT2D eigenvalue weighted by Gasteiger charge is -2.29. The minimum atomic E-state index is -1.24. The lowest BCUT2D eigenvalue weighted by atomic mass is 10.2. The fourth-order valence-electron chi connectivity index (χ4n) is 2.48. The van der Waals surface area contributed by atoms with Crippen molar-refractivity contribution in [1.82, 2.24) is 9.55 Å². The first-order chi connectivity index (χ1) is 11.9. The molecule has 1 aliphatic heterocycles. The van der Waals surface area contributed by atoms with E-state index in [-0.39, 0.29) is 5.57 Å². The molecule has 25 heavy (non-hydrogen) atoms. The van der Waals surface area contributed by atoms with Crippen molar-refractivity contribution in [2.45, 2.75) is 33.0 Å². The monoisotopic (exact) mass is 341 g/mol. The molecule has 1 aromatic carbocycles. The van der Waals surface area contributed by atoms with E-state index >= 15 is 0 Å². The predicted molar refractivity (Wildman–Crippen MR) is 90.9 cm³/mol. The lowest BCUT2D eigenvalue weighted by molar-refractivity contribution is -0.222. The molecule has 0 bridgehead atoms. The summed E-state index contributed by atoms with van der Waals surface area (Å²) in [4.78, 5) is 28.1. The Morgan fingerprint density at radius 2 is 1.80 bits per heavy atom. The lowest BCUT2D eigenvalue weighted by Crippen LogP contribution is -2.42. The van der Waals surface area contributed by atoms with Crippen molar-refractivity contribution in [3.05, 3.63) is 54.3 Å². The third-order valence-corrected chi connectivity index (χ3v) is 3.68. The Bertz CT molecular complexity index is 812. The highest BCUT2D eigenvalue weighted by Gasteiger charge is 2.38. The average molecular weight is 341 g/mol. The first-order valence-corrected chi connectivity index (χ1v) is 7.95. The first kappa shape index (κ1) is 16.8. The number of hydrogen-bond donors (Lipinski definition) is 1. The minimum absolute atomic E-state index is 0.175. The van der Waals surface area contributed by atoms with Crippen molar-refractivity contribution in [3.63, 3.8) is 0 Å². The second kappa shape index (κ2) is 6.43. The van der Waals surface area contributed by atoms with Crippen LogP contribution in [-0.2, 0) is 25.5 Å². The number of rotatable bonds is 4. The highest BCUT2D eigenvalue weighted by atomic mass is 16.7. The molecule has 1 aliphatic rings. The summed E-state index contributed by atoms with van der Waals surface area (Å²) in [5, 5.41) is 2.92. The average Bonchev–Trinajstić information content (AvgIpc) is 3.02. The van der Waals surface area contributed by atoms with Crippen LogP contribution in [0.5, 0.6) is 0 Å². The van der Waals surface area contributed by atoms with Crippen molar-refractivity contribution in [1.29, 1.82) is 0 Å². The Hall–Kier alpha value is -3.09. The van der Waals surface area contributed by atoms with Gasteiger partial charge >= 0.3 is 11.9 Å². The zero-order valence-corrected chi connectivity index (χ0v) is 14.3. The summed E-state index contributed by atoms with van der Waals surface area (Å²) in [6, 6.07) is 7.52. The summed E-state index contributed by atoms with van der Waals surface area (Å²) in [6.07, 6.45) is 5.79. The topological polar surface area (TPSA) is 82.5 Å². The number of carbonyl (C=O) groups excluding carboxylic acids is 2. The SMILES string of the molecule is CCc1nccn1-c1ccc(NC=C2C(=O)OC(C)(C)OC2=O)cc1. The van der Waals surface area contributed by atoms with Gasteiger partial charge in [-0.05, 0) is 24.3 Å². The molecule has 7 heteroatoms. The molecule has 2 heterocycles. The molecule has 1 fully saturated rings. The number of nitrogens with zero attached hydrogens (tertiary/aromatic N) is 2. The van der Waals surface area contributed by atoms with Gasteiger partial charge in [-0.15, -0.1) is 0 Å². The van der Waals surface area contributed by atoms with Gasteiger partial charge in [-0.2, -0.15) is 0 Å². The van der Waals surface area contributed by atoms with Crippen LogP contribution in [0, 0.1) is 0 Å². The van der Waals surface area contributed by atoms with E-state index < -0.39 is 17.7 Å². The van der Waals surface area contributed by atoms with Crippen LogP contribution in [0.25, 0.3) is 5.69 Å². The third-order valence-electron chi connectivity index (χ3n) is 3.68. The van der Waals surface area contributed by atoms with Crippen LogP contribution < -0.4 is 5.32 Å². The maximum Gasteiger partial charge on any atom is 0.350 e. The van der Waals surface area contributed by atoms with Gasteiger partial charge in [0.05, 0.1) is 0 Å². The van der Waals surface area contributed by atoms with Crippen LogP contribution in [0.3, 0.4) is 0 Å². The maximum atomic E-state index is 11.9. The highest BCUT2D eigenvalue weighted by Crippen LogP contribution is 2.23. The number of benzene rings is 1. The quantitative estimate of drug-likeness (QED) is 0.523. The van der Waals surface area contributed by atoms with Gasteiger partial charge in [-0.25, -0.2) is 14.6 Å². The van der Waals surface area contributed by atoms with E-state index in [1.807, 2.05) is 42.0 Å². The number of ether oxygens (including phenoxy) is 2. The van der Waals surface area contributed by atoms with Gasteiger partial charge in [0.15, 0.2) is 5.57 Å². The highest BCUT2D eigenvalue weighted by molar-refractivity contribution is 6.15. The molecule has 1 saturated heterocycles. The van der Waals surface area contributed by atoms with E-state index in [0.29, 0.717) is 0 Å². The van der Waals surface area contributed by atoms with Gasteiger partial charge in [0.2, 0.25) is 0 Å². The Balaban J connectivity index is 1.74. The van der Waals surface area contributed by atoms with Crippen molar-refractivity contribution in [3.8, 4) is 5.69 Å². The molecule has 0 saturated carbocycles. The fourth-order valence-corrected chi connectivity index (χ4v) is 2.48. The van der Waals surface area contributed by atoms with E-state index in [9.17, 15) is 9.59 Å². The molecule has 0 spiro atoms. The van der Waals surface area contributed by atoms with E-state index in [2.05, 4.69) is 10.3 Å². The predicted octanol–water partition coefficient (Wildman–Crippen LogP) is 2.57. The standard InChI is InChI=1S/C18H19N3O4/c1-4-15-19-9-10-21(15)13-7-5-12(6-8-13)20-11-14-16(22)24-18(2,3)25-17(14)23/h5-11,20H,4H2,1-3H3. The summed E-state index contributed by atoms with van der Waals surface area (Å²) >= 11 is 0. The molecule has 0 aliphatic carbocycles. The van der Waals surface area contributed by atoms with Crippen molar-refractivity contribution < 1.29 is 19.1 Å². The summed E-state index contributed by atoms with van der Waals surface area (Å²) in [6.45, 7) is 5.06. The summed E-state index contributed by atoms with van der Waals surface area (Å²) < 4.78 is 12.1. The first-order valence-electron chi connectivity index (χ1n) is 7.95. The molecule has 1 aromatic heterocycles. The van der Waals surface area contributed by atoms with Crippen LogP contribution in [0.1, 0.15) is 26.6 Å². The van der Waals surface area contributed by atoms with Crippen LogP contribution in [0.4, 0.5) is 5.69 Å². The van der Waals surface area contributed by atoms with Gasteiger partial charge < -0.3 is 19.4 Å². The zero-order chi connectivity index (χ0) is 18.0. The summed E-state index contributed by atoms with van der Waals surface area (Å²) in [7, 11) is 0. The summed E-state index contributed by atoms with van der Waals surface area (Å²) in [5.41, 5.74) is 1.52. The van der Waals surface area contributed by atoms with Crippen molar-refractivity contribution in [2.24, 2.45) is 0 Å². The van der Waals surface area contributed by atoms with Gasteiger partial charge in [-0.3, -0.25) is 0 Å². The molecular weight excluding hydrogens is 322 g/mol. The minimum Gasteiger partial charge on any atom is -0.419 e. The number of carbonyl (C=O) groups is 2. The van der Waals surface area contributed by atoms with E-state index in [0.717, 1.165) is 23.6 Å². The number of aryl methyl sites for hydroxylation is 1. The third kappa shape index (κ3) is 3.55. The molecule has 2 aromatic rings. The normalized spacial score (nSPS) is 16.2. The molecule has 1 N–H and O–H groups in total. The number of hydrogen-bond acceptors (Lipinski definition) is 6. The van der Waals surface area contributed by atoms with Crippen LogP contribution in [0.2, 0.25) is 0 Å². The number of cyclic esters (lactones) is 2. The van der Waals surface area contributed by atoms with Crippen LogP contribution in [0.15, 0.2) is 48.4 Å². The molecule has 130 valence electrons. The number of anilines is 1. The molecule has 7 nitrogen and oxygen atoms in total. The smallest absolute Gasteiger partial charge is 0.350 e. The number of esters is 2. The van der Waals surface area contributed by atoms with Crippen molar-refractivity contribution >= 4 is 17.6 Å². The molecule has 0 amide bonds. The number of aromatic nitrogens is 2. The van der Waals surface area contributed by atoms with Gasteiger partial charge in [0.1, 0.15) is 5.82 Å². The number of imidazole rings is 1. The Labute approximate surface area is 145 Å². The molecule has 3 rings (SSSR count). The van der Waals surface area contributed by atoms with E-state index in [4.69, 9.17) is 9.47 Å². The molecular formula is C18H19N3O4. The van der Waals surface area contributed by atoms with Crippen molar-refractivity contribution in [2.75, 3.05) is 5.32 Å². The van der Waals surface area contributed by atoms with Crippen LogP contribution >= 0.6 is 0 Å². The van der Waals surface area contributed by atoms with Gasteiger partial charge in [-0.1, -0.05) is 6.92 Å². The summed E-state index contributed by atoms with van der Waals surface area (Å²) in [5.74, 6) is -1.69. The van der Waals surface area contributed by atoms with E-state index in [1.54, 1.807) is 6.20 Å². The molecule has 0 atom stereocenters. The Morgan fingerprint density at radius 1 is 1.16 bits per heavy atom. The van der Waals surface area contributed by atoms with E-state index in [1.165, 1.54) is 20.0 Å². The molecule has 0 radical (unpaired) electrons. The maximum absolute atomic E-state index is 11.9. The van der Waals surface area contributed by atoms with Gasteiger partial charge in [0, 0.05) is 50.2 Å². The van der Waals surface area contributed by atoms with Crippen LogP contribution in [-0.4, -0.2) is 27.3 Å². The largest absolute Gasteiger partial charge is 0.419 e. The zero-order valence-electron chi connectivity index (χ0n) is 14.3. The van der Waals surface area contributed by atoms with Gasteiger partial charge in [0.25, 0.3) is 5.79 Å². The number of nitrogens with one attached hydrogen (secondary N) is 1. The Kier molecular flexibility index (Phi) is 4.31. The Morgan fingerprint density at radius 3 is 2.40 bits per heavy atom. The molecule has 0 unspecified atom stereocenters.